The van der Waals surface area contributed by atoms with E-state index in [2.05, 4.69) is 10.3 Å². The Kier molecular flexibility index (Phi) is 4.35. The van der Waals surface area contributed by atoms with E-state index in [-0.39, 0.29) is 24.0 Å². The zero-order valence-corrected chi connectivity index (χ0v) is 13.1. The molecule has 1 heterocycles. The average molecular weight is 292 g/mol. The molecule has 116 valence electrons. The van der Waals surface area contributed by atoms with Gasteiger partial charge in [-0.1, -0.05) is 13.8 Å². The van der Waals surface area contributed by atoms with Gasteiger partial charge in [0.1, 0.15) is 0 Å². The summed E-state index contributed by atoms with van der Waals surface area (Å²) in [7, 11) is 0. The van der Waals surface area contributed by atoms with Gasteiger partial charge in [0.15, 0.2) is 0 Å². The fraction of sp³-hybridized carbons (Fsp3) is 0.625. The Morgan fingerprint density at radius 3 is 2.76 bits per heavy atom. The lowest BCUT2D eigenvalue weighted by molar-refractivity contribution is -0.237. The molecule has 0 spiro atoms. The quantitative estimate of drug-likeness (QED) is 0.866. The van der Waals surface area contributed by atoms with Crippen LogP contribution in [0.4, 0.5) is 0 Å². The number of hydrogen-bond acceptors (Lipinski definition) is 4. The van der Waals surface area contributed by atoms with Crippen LogP contribution in [0, 0.1) is 12.3 Å². The highest BCUT2D eigenvalue weighted by Crippen LogP contribution is 2.50. The number of aromatic nitrogens is 1. The van der Waals surface area contributed by atoms with Crippen LogP contribution >= 0.6 is 0 Å². The van der Waals surface area contributed by atoms with Gasteiger partial charge < -0.3 is 15.2 Å². The summed E-state index contributed by atoms with van der Waals surface area (Å²) in [5, 5.41) is 13.5. The van der Waals surface area contributed by atoms with Crippen molar-refractivity contribution in [1.29, 1.82) is 0 Å². The van der Waals surface area contributed by atoms with Crippen LogP contribution in [0.3, 0.4) is 0 Å². The van der Waals surface area contributed by atoms with Gasteiger partial charge in [-0.2, -0.15) is 0 Å². The van der Waals surface area contributed by atoms with Crippen molar-refractivity contribution in [3.63, 3.8) is 0 Å². The Balaban J connectivity index is 1.94. The van der Waals surface area contributed by atoms with Crippen LogP contribution in [-0.4, -0.2) is 40.9 Å². The summed E-state index contributed by atoms with van der Waals surface area (Å²) in [5.41, 5.74) is 0.0650. The van der Waals surface area contributed by atoms with Gasteiger partial charge in [0, 0.05) is 36.9 Å². The Labute approximate surface area is 125 Å². The zero-order valence-electron chi connectivity index (χ0n) is 13.1. The first kappa shape index (κ1) is 15.9. The molecule has 2 N–H and O–H groups in total. The Morgan fingerprint density at radius 1 is 1.52 bits per heavy atom. The predicted octanol–water partition coefficient (Wildman–Crippen LogP) is 1.69. The third-order valence-corrected chi connectivity index (χ3v) is 4.61. The monoisotopic (exact) mass is 292 g/mol. The number of carbonyl (C=O) groups is 1. The molecule has 0 saturated heterocycles. The van der Waals surface area contributed by atoms with Crippen molar-refractivity contribution in [2.24, 2.45) is 5.41 Å². The van der Waals surface area contributed by atoms with Crippen molar-refractivity contribution in [2.45, 2.75) is 45.8 Å². The van der Waals surface area contributed by atoms with E-state index in [0.717, 1.165) is 5.69 Å². The van der Waals surface area contributed by atoms with Crippen LogP contribution in [0.5, 0.6) is 0 Å². The van der Waals surface area contributed by atoms with Gasteiger partial charge in [-0.15, -0.1) is 0 Å². The topological polar surface area (TPSA) is 71.5 Å². The SMILES string of the molecule is CCOC1CC(O)(CNC(=O)c2ccc(C)nc2)C1(C)C. The number of pyridine rings is 1. The molecule has 1 aliphatic carbocycles. The summed E-state index contributed by atoms with van der Waals surface area (Å²) >= 11 is 0. The smallest absolute Gasteiger partial charge is 0.252 e. The predicted molar refractivity (Wildman–Crippen MR) is 80.1 cm³/mol. The van der Waals surface area contributed by atoms with Crippen molar-refractivity contribution in [3.8, 4) is 0 Å². The molecule has 2 atom stereocenters. The highest BCUT2D eigenvalue weighted by Gasteiger charge is 2.59. The Hall–Kier alpha value is -1.46. The molecule has 0 aliphatic heterocycles. The number of nitrogens with zero attached hydrogens (tertiary/aromatic N) is 1. The first-order valence-electron chi connectivity index (χ1n) is 7.35. The largest absolute Gasteiger partial charge is 0.387 e. The van der Waals surface area contributed by atoms with Gasteiger partial charge in [0.05, 0.1) is 17.3 Å². The number of nitrogens with one attached hydrogen (secondary N) is 1. The molecule has 0 aromatic carbocycles. The van der Waals surface area contributed by atoms with Crippen LogP contribution in [0.1, 0.15) is 43.2 Å². The zero-order chi connectivity index (χ0) is 15.7. The van der Waals surface area contributed by atoms with Gasteiger partial charge in [-0.3, -0.25) is 9.78 Å². The van der Waals surface area contributed by atoms with E-state index in [1.807, 2.05) is 27.7 Å². The van der Waals surface area contributed by atoms with Gasteiger partial charge in [-0.25, -0.2) is 0 Å². The van der Waals surface area contributed by atoms with Crippen molar-refractivity contribution < 1.29 is 14.6 Å². The number of aliphatic hydroxyl groups is 1. The first-order valence-corrected chi connectivity index (χ1v) is 7.35. The molecule has 1 fully saturated rings. The molecule has 0 radical (unpaired) electrons. The summed E-state index contributed by atoms with van der Waals surface area (Å²) in [6.45, 7) is 8.60. The minimum Gasteiger partial charge on any atom is -0.387 e. The molecule has 1 amide bonds. The van der Waals surface area contributed by atoms with Gasteiger partial charge in [0.2, 0.25) is 0 Å². The molecule has 2 unspecified atom stereocenters. The van der Waals surface area contributed by atoms with E-state index in [0.29, 0.717) is 18.6 Å². The van der Waals surface area contributed by atoms with Crippen molar-refractivity contribution >= 4 is 5.91 Å². The first-order chi connectivity index (χ1) is 9.80. The molecule has 5 heteroatoms. The molecule has 1 saturated carbocycles. The van der Waals surface area contributed by atoms with Crippen molar-refractivity contribution in [3.05, 3.63) is 29.6 Å². The molecule has 0 bridgehead atoms. The van der Waals surface area contributed by atoms with Crippen LogP contribution in [0.25, 0.3) is 0 Å². The van der Waals surface area contributed by atoms with E-state index >= 15 is 0 Å². The van der Waals surface area contributed by atoms with Gasteiger partial charge in [0.25, 0.3) is 5.91 Å². The lowest BCUT2D eigenvalue weighted by Crippen LogP contribution is -2.68. The lowest BCUT2D eigenvalue weighted by Gasteiger charge is -2.57. The third kappa shape index (κ3) is 2.94. The standard InChI is InChI=1S/C16H24N2O3/c1-5-21-13-8-16(20,15(13,3)4)10-18-14(19)12-7-6-11(2)17-9-12/h6-7,9,13,20H,5,8,10H2,1-4H3,(H,18,19). The van der Waals surface area contributed by atoms with E-state index < -0.39 is 5.60 Å². The normalized spacial score (nSPS) is 27.0. The maximum absolute atomic E-state index is 12.1. The summed E-state index contributed by atoms with van der Waals surface area (Å²) in [6.07, 6.45) is 2.12. The fourth-order valence-corrected chi connectivity index (χ4v) is 2.69. The molecule has 21 heavy (non-hydrogen) atoms. The van der Waals surface area contributed by atoms with Crippen LogP contribution in [0.15, 0.2) is 18.3 Å². The second-order valence-corrected chi connectivity index (χ2v) is 6.27. The number of hydrogen-bond donors (Lipinski definition) is 2. The number of aryl methyl sites for hydroxylation is 1. The minimum atomic E-state index is -0.930. The van der Waals surface area contributed by atoms with E-state index in [4.69, 9.17) is 4.74 Å². The van der Waals surface area contributed by atoms with E-state index in [1.54, 1.807) is 18.3 Å². The summed E-state index contributed by atoms with van der Waals surface area (Å²) in [6, 6.07) is 3.53. The number of rotatable bonds is 5. The van der Waals surface area contributed by atoms with Gasteiger partial charge >= 0.3 is 0 Å². The second kappa shape index (κ2) is 5.73. The van der Waals surface area contributed by atoms with E-state index in [9.17, 15) is 9.90 Å². The molecule has 1 aromatic rings. The molecule has 2 rings (SSSR count). The van der Waals surface area contributed by atoms with E-state index in [1.165, 1.54) is 0 Å². The highest BCUT2D eigenvalue weighted by atomic mass is 16.5. The average Bonchev–Trinajstić information content (AvgIpc) is 2.45. The highest BCUT2D eigenvalue weighted by molar-refractivity contribution is 5.93. The summed E-state index contributed by atoms with van der Waals surface area (Å²) in [5.74, 6) is -0.216. The van der Waals surface area contributed by atoms with Crippen molar-refractivity contribution in [1.82, 2.24) is 10.3 Å². The van der Waals surface area contributed by atoms with Gasteiger partial charge in [-0.05, 0) is 26.0 Å². The maximum atomic E-state index is 12.1. The summed E-state index contributed by atoms with van der Waals surface area (Å²) in [4.78, 5) is 16.2. The molecular weight excluding hydrogens is 268 g/mol. The van der Waals surface area contributed by atoms with Crippen LogP contribution in [-0.2, 0) is 4.74 Å². The second-order valence-electron chi connectivity index (χ2n) is 6.27. The lowest BCUT2D eigenvalue weighted by atomic mass is 9.56. The molecule has 1 aromatic heterocycles. The Bertz CT molecular complexity index is 513. The minimum absolute atomic E-state index is 0.0328. The molecular formula is C16H24N2O3. The summed E-state index contributed by atoms with van der Waals surface area (Å²) < 4.78 is 5.61. The number of carbonyl (C=O) groups excluding carboxylic acids is 1. The fourth-order valence-electron chi connectivity index (χ4n) is 2.69. The number of ether oxygens (including phenoxy) is 1. The van der Waals surface area contributed by atoms with Crippen LogP contribution in [0.2, 0.25) is 0 Å². The molecule has 5 nitrogen and oxygen atoms in total. The maximum Gasteiger partial charge on any atom is 0.252 e. The van der Waals surface area contributed by atoms with Crippen molar-refractivity contribution in [2.75, 3.05) is 13.2 Å². The number of amides is 1. The molecule has 1 aliphatic rings. The third-order valence-electron chi connectivity index (χ3n) is 4.61. The Morgan fingerprint density at radius 2 is 2.24 bits per heavy atom. The van der Waals surface area contributed by atoms with Crippen LogP contribution < -0.4 is 5.32 Å².